The van der Waals surface area contributed by atoms with Crippen molar-refractivity contribution in [2.45, 2.75) is 18.1 Å². The summed E-state index contributed by atoms with van der Waals surface area (Å²) in [5.74, 6) is 1.60. The number of anilines is 1. The van der Waals surface area contributed by atoms with E-state index in [-0.39, 0.29) is 5.82 Å². The van der Waals surface area contributed by atoms with Crippen molar-refractivity contribution in [3.63, 3.8) is 0 Å². The van der Waals surface area contributed by atoms with Crippen LogP contribution in [-0.4, -0.2) is 32.0 Å². The van der Waals surface area contributed by atoms with E-state index in [2.05, 4.69) is 10.3 Å². The van der Waals surface area contributed by atoms with Crippen LogP contribution in [-0.2, 0) is 7.05 Å². The van der Waals surface area contributed by atoms with E-state index in [4.69, 9.17) is 0 Å². The summed E-state index contributed by atoms with van der Waals surface area (Å²) in [6.45, 7) is 0.769. The van der Waals surface area contributed by atoms with Crippen LogP contribution in [0.15, 0.2) is 6.33 Å². The average Bonchev–Trinajstić information content (AvgIpc) is 2.84. The fraction of sp³-hybridized carbons (Fsp3) is 0.667. The van der Waals surface area contributed by atoms with E-state index < -0.39 is 4.92 Å². The van der Waals surface area contributed by atoms with E-state index in [1.54, 1.807) is 11.6 Å². The molecule has 0 radical (unpaired) electrons. The summed E-state index contributed by atoms with van der Waals surface area (Å²) < 4.78 is 1.65. The monoisotopic (exact) mass is 242 g/mol. The summed E-state index contributed by atoms with van der Waals surface area (Å²) in [7, 11) is 1.75. The van der Waals surface area contributed by atoms with Crippen molar-refractivity contribution in [2.24, 2.45) is 7.05 Å². The van der Waals surface area contributed by atoms with Crippen LogP contribution < -0.4 is 5.32 Å². The van der Waals surface area contributed by atoms with E-state index in [0.717, 1.165) is 6.54 Å². The highest BCUT2D eigenvalue weighted by Gasteiger charge is 2.22. The predicted molar refractivity (Wildman–Crippen MR) is 63.8 cm³/mol. The number of nitro groups is 1. The van der Waals surface area contributed by atoms with Crippen LogP contribution in [0.3, 0.4) is 0 Å². The van der Waals surface area contributed by atoms with Crippen LogP contribution in [0, 0.1) is 10.1 Å². The Kier molecular flexibility index (Phi) is 3.33. The van der Waals surface area contributed by atoms with E-state index in [0.29, 0.717) is 11.1 Å². The third-order valence-corrected chi connectivity index (χ3v) is 4.01. The molecule has 0 bridgehead atoms. The van der Waals surface area contributed by atoms with Crippen LogP contribution in [0.5, 0.6) is 0 Å². The molecule has 1 aromatic heterocycles. The summed E-state index contributed by atoms with van der Waals surface area (Å²) in [6, 6.07) is 0. The molecule has 2 heterocycles. The minimum absolute atomic E-state index is 0.0921. The number of aryl methyl sites for hydroxylation is 1. The fourth-order valence-corrected chi connectivity index (χ4v) is 2.97. The largest absolute Gasteiger partial charge is 0.406 e. The minimum atomic E-state index is -0.454. The van der Waals surface area contributed by atoms with E-state index in [9.17, 15) is 10.1 Å². The van der Waals surface area contributed by atoms with Gasteiger partial charge in [0.2, 0.25) is 12.1 Å². The number of thioether (sulfide) groups is 1. The second-order valence-corrected chi connectivity index (χ2v) is 5.21. The second kappa shape index (κ2) is 4.73. The van der Waals surface area contributed by atoms with Gasteiger partial charge in [-0.05, 0) is 28.5 Å². The van der Waals surface area contributed by atoms with Crippen molar-refractivity contribution in [1.29, 1.82) is 0 Å². The third-order valence-electron chi connectivity index (χ3n) is 2.61. The Balaban J connectivity index is 2.02. The molecule has 1 aliphatic heterocycles. The number of nitrogens with one attached hydrogen (secondary N) is 1. The normalized spacial score (nSPS) is 19.9. The first-order chi connectivity index (χ1) is 7.68. The molecule has 0 aromatic carbocycles. The Morgan fingerprint density at radius 2 is 2.62 bits per heavy atom. The average molecular weight is 242 g/mol. The maximum atomic E-state index is 10.7. The van der Waals surface area contributed by atoms with E-state index in [1.165, 1.54) is 24.9 Å². The van der Waals surface area contributed by atoms with Gasteiger partial charge in [0.25, 0.3) is 0 Å². The van der Waals surface area contributed by atoms with Crippen LogP contribution >= 0.6 is 11.8 Å². The fourth-order valence-electron chi connectivity index (χ4n) is 1.77. The molecular formula is C9H14N4O2S. The Morgan fingerprint density at radius 1 is 1.81 bits per heavy atom. The highest BCUT2D eigenvalue weighted by molar-refractivity contribution is 8.00. The van der Waals surface area contributed by atoms with Gasteiger partial charge in [0.05, 0.1) is 0 Å². The van der Waals surface area contributed by atoms with Crippen LogP contribution in [0.2, 0.25) is 0 Å². The highest BCUT2D eigenvalue weighted by atomic mass is 32.2. The summed E-state index contributed by atoms with van der Waals surface area (Å²) in [5, 5.41) is 14.4. The molecule has 1 atom stereocenters. The summed E-state index contributed by atoms with van der Waals surface area (Å²) >= 11 is 1.92. The van der Waals surface area contributed by atoms with E-state index >= 15 is 0 Å². The van der Waals surface area contributed by atoms with Crippen molar-refractivity contribution >= 4 is 23.4 Å². The van der Waals surface area contributed by atoms with Gasteiger partial charge >= 0.3 is 5.82 Å². The van der Waals surface area contributed by atoms with Gasteiger partial charge in [-0.3, -0.25) is 4.57 Å². The molecule has 0 saturated carbocycles. The molecule has 7 heteroatoms. The third kappa shape index (κ3) is 2.29. The number of aromatic nitrogens is 2. The van der Waals surface area contributed by atoms with Gasteiger partial charge in [-0.15, -0.1) is 0 Å². The summed E-state index contributed by atoms with van der Waals surface area (Å²) in [6.07, 6.45) is 3.88. The number of hydrogen-bond donors (Lipinski definition) is 1. The second-order valence-electron chi connectivity index (χ2n) is 3.80. The SMILES string of the molecule is Cn1cnc([N+](=O)[O-])c1NCC1CCCS1. The van der Waals surface area contributed by atoms with Gasteiger partial charge in [0.15, 0.2) is 0 Å². The zero-order chi connectivity index (χ0) is 11.5. The lowest BCUT2D eigenvalue weighted by Gasteiger charge is -2.10. The summed E-state index contributed by atoms with van der Waals surface area (Å²) in [4.78, 5) is 14.0. The Morgan fingerprint density at radius 3 is 3.25 bits per heavy atom. The predicted octanol–water partition coefficient (Wildman–Crippen LogP) is 1.64. The number of imidazole rings is 1. The maximum Gasteiger partial charge on any atom is 0.406 e. The number of rotatable bonds is 4. The van der Waals surface area contributed by atoms with E-state index in [1.807, 2.05) is 11.8 Å². The summed E-state index contributed by atoms with van der Waals surface area (Å²) in [5.41, 5.74) is 0. The quantitative estimate of drug-likeness (QED) is 0.641. The van der Waals surface area contributed by atoms with Gasteiger partial charge < -0.3 is 15.4 Å². The van der Waals surface area contributed by atoms with Gasteiger partial charge in [0.1, 0.15) is 0 Å². The Bertz CT molecular complexity index is 387. The van der Waals surface area contributed by atoms with Crippen LogP contribution in [0.4, 0.5) is 11.6 Å². The molecule has 1 aliphatic rings. The first kappa shape index (κ1) is 11.3. The molecular weight excluding hydrogens is 228 g/mol. The zero-order valence-corrected chi connectivity index (χ0v) is 9.87. The topological polar surface area (TPSA) is 73.0 Å². The molecule has 6 nitrogen and oxygen atoms in total. The minimum Gasteiger partial charge on any atom is -0.363 e. The molecule has 2 rings (SSSR count). The van der Waals surface area contributed by atoms with Crippen molar-refractivity contribution in [1.82, 2.24) is 9.55 Å². The smallest absolute Gasteiger partial charge is 0.363 e. The Hall–Kier alpha value is -1.24. The van der Waals surface area contributed by atoms with Crippen LogP contribution in [0.1, 0.15) is 12.8 Å². The molecule has 16 heavy (non-hydrogen) atoms. The van der Waals surface area contributed by atoms with Gasteiger partial charge in [-0.1, -0.05) is 0 Å². The standard InChI is InChI=1S/C9H14N4O2S/c1-12-6-11-9(13(14)15)8(12)10-5-7-3-2-4-16-7/h6-7,10H,2-5H2,1H3. The molecule has 1 aromatic rings. The van der Waals surface area contributed by atoms with Gasteiger partial charge in [-0.2, -0.15) is 11.8 Å². The van der Waals surface area contributed by atoms with Crippen molar-refractivity contribution in [3.05, 3.63) is 16.4 Å². The van der Waals surface area contributed by atoms with Gasteiger partial charge in [-0.25, -0.2) is 0 Å². The van der Waals surface area contributed by atoms with Gasteiger partial charge in [0, 0.05) is 18.8 Å². The lowest BCUT2D eigenvalue weighted by molar-refractivity contribution is -0.388. The first-order valence-electron chi connectivity index (χ1n) is 5.19. The van der Waals surface area contributed by atoms with Crippen molar-refractivity contribution in [2.75, 3.05) is 17.6 Å². The molecule has 1 fully saturated rings. The molecule has 0 aliphatic carbocycles. The molecule has 0 spiro atoms. The zero-order valence-electron chi connectivity index (χ0n) is 9.05. The molecule has 0 amide bonds. The number of nitrogens with zero attached hydrogens (tertiary/aromatic N) is 3. The van der Waals surface area contributed by atoms with Crippen molar-refractivity contribution < 1.29 is 4.92 Å². The molecule has 1 unspecified atom stereocenters. The van der Waals surface area contributed by atoms with Crippen LogP contribution in [0.25, 0.3) is 0 Å². The van der Waals surface area contributed by atoms with Crippen molar-refractivity contribution in [3.8, 4) is 0 Å². The number of hydrogen-bond acceptors (Lipinski definition) is 5. The lowest BCUT2D eigenvalue weighted by Crippen LogP contribution is -2.16. The molecule has 1 saturated heterocycles. The molecule has 88 valence electrons. The first-order valence-corrected chi connectivity index (χ1v) is 6.24. The lowest BCUT2D eigenvalue weighted by atomic mass is 10.2. The molecule has 1 N–H and O–H groups in total. The maximum absolute atomic E-state index is 10.7. The Labute approximate surface area is 97.6 Å². The highest BCUT2D eigenvalue weighted by Crippen LogP contribution is 2.27.